The van der Waals surface area contributed by atoms with Crippen LogP contribution in [0, 0.1) is 0 Å². The van der Waals surface area contributed by atoms with Gasteiger partial charge in [0.1, 0.15) is 0 Å². The standard InChI is InChI=1S/C24H19BrN2O2S/c25-18-10-12-19(13-11-18)27-22(28)14-15-30-24(27)20-8-4-5-9-21(20)26(23(24)29)16-17-6-2-1-3-7-17/h1-13H,14-16H2. The van der Waals surface area contributed by atoms with Crippen LogP contribution < -0.4 is 9.80 Å². The summed E-state index contributed by atoms with van der Waals surface area (Å²) in [4.78, 5) is 29.7. The van der Waals surface area contributed by atoms with Gasteiger partial charge < -0.3 is 4.90 Å². The van der Waals surface area contributed by atoms with E-state index in [0.29, 0.717) is 18.7 Å². The smallest absolute Gasteiger partial charge is 0.269 e. The maximum Gasteiger partial charge on any atom is 0.269 e. The largest absolute Gasteiger partial charge is 0.304 e. The van der Waals surface area contributed by atoms with E-state index in [1.165, 1.54) is 0 Å². The van der Waals surface area contributed by atoms with Crippen molar-refractivity contribution in [3.8, 4) is 0 Å². The van der Waals surface area contributed by atoms with Crippen molar-refractivity contribution in [3.05, 3.63) is 94.5 Å². The van der Waals surface area contributed by atoms with E-state index >= 15 is 0 Å². The molecule has 5 rings (SSSR count). The summed E-state index contributed by atoms with van der Waals surface area (Å²) in [6, 6.07) is 25.4. The van der Waals surface area contributed by atoms with Gasteiger partial charge in [-0.1, -0.05) is 64.5 Å². The molecular formula is C24H19BrN2O2S. The molecule has 150 valence electrons. The summed E-state index contributed by atoms with van der Waals surface area (Å²) in [6.07, 6.45) is 0.413. The fourth-order valence-electron chi connectivity index (χ4n) is 4.24. The van der Waals surface area contributed by atoms with E-state index in [-0.39, 0.29) is 11.8 Å². The number of rotatable bonds is 3. The Hall–Kier alpha value is -2.57. The number of para-hydroxylation sites is 1. The van der Waals surface area contributed by atoms with Crippen LogP contribution in [-0.4, -0.2) is 17.6 Å². The number of anilines is 2. The average Bonchev–Trinajstić information content (AvgIpc) is 2.99. The number of carbonyl (C=O) groups excluding carboxylic acids is 2. The van der Waals surface area contributed by atoms with Gasteiger partial charge in [-0.2, -0.15) is 0 Å². The van der Waals surface area contributed by atoms with E-state index in [1.54, 1.807) is 16.7 Å². The number of nitrogens with zero attached hydrogens (tertiary/aromatic N) is 2. The molecule has 0 aromatic heterocycles. The van der Waals surface area contributed by atoms with Gasteiger partial charge in [-0.3, -0.25) is 14.5 Å². The van der Waals surface area contributed by atoms with Crippen LogP contribution in [0.25, 0.3) is 0 Å². The molecule has 2 amide bonds. The van der Waals surface area contributed by atoms with Crippen LogP contribution in [0.4, 0.5) is 11.4 Å². The summed E-state index contributed by atoms with van der Waals surface area (Å²) in [6.45, 7) is 0.474. The van der Waals surface area contributed by atoms with Crippen LogP contribution in [0.3, 0.4) is 0 Å². The number of thioether (sulfide) groups is 1. The summed E-state index contributed by atoms with van der Waals surface area (Å²) in [7, 11) is 0. The SMILES string of the molecule is O=C1CCSC2(C(=O)N(Cc3ccccc3)c3ccccc32)N1c1ccc(Br)cc1. The molecule has 2 aliphatic heterocycles. The van der Waals surface area contributed by atoms with Gasteiger partial charge in [0.15, 0.2) is 0 Å². The van der Waals surface area contributed by atoms with Crippen molar-refractivity contribution in [3.63, 3.8) is 0 Å². The molecule has 3 aromatic rings. The Morgan fingerprint density at radius 1 is 0.900 bits per heavy atom. The number of fused-ring (bicyclic) bond motifs is 2. The van der Waals surface area contributed by atoms with Crippen molar-refractivity contribution in [2.45, 2.75) is 17.8 Å². The van der Waals surface area contributed by atoms with Crippen molar-refractivity contribution in [1.29, 1.82) is 0 Å². The van der Waals surface area contributed by atoms with Gasteiger partial charge in [-0.15, -0.1) is 11.8 Å². The van der Waals surface area contributed by atoms with Crippen LogP contribution in [0.5, 0.6) is 0 Å². The van der Waals surface area contributed by atoms with Crippen LogP contribution >= 0.6 is 27.7 Å². The number of benzene rings is 3. The minimum atomic E-state index is -1.07. The number of amides is 2. The molecule has 0 N–H and O–H groups in total. The summed E-state index contributed by atoms with van der Waals surface area (Å²) >= 11 is 5.01. The van der Waals surface area contributed by atoms with Gasteiger partial charge in [0.25, 0.3) is 5.91 Å². The minimum Gasteiger partial charge on any atom is -0.304 e. The lowest BCUT2D eigenvalue weighted by molar-refractivity contribution is -0.125. The maximum atomic E-state index is 14.0. The zero-order chi connectivity index (χ0) is 20.7. The second kappa shape index (κ2) is 7.60. The Kier molecular flexibility index (Phi) is 4.91. The molecule has 2 heterocycles. The second-order valence-electron chi connectivity index (χ2n) is 7.34. The van der Waals surface area contributed by atoms with E-state index in [9.17, 15) is 9.59 Å². The first kappa shape index (κ1) is 19.4. The highest BCUT2D eigenvalue weighted by molar-refractivity contribution is 9.10. The highest BCUT2D eigenvalue weighted by atomic mass is 79.9. The Labute approximate surface area is 188 Å². The van der Waals surface area contributed by atoms with Gasteiger partial charge in [0.2, 0.25) is 10.8 Å². The molecular weight excluding hydrogens is 460 g/mol. The molecule has 30 heavy (non-hydrogen) atoms. The van der Waals surface area contributed by atoms with Crippen molar-refractivity contribution >= 4 is 50.9 Å². The zero-order valence-electron chi connectivity index (χ0n) is 16.1. The molecule has 0 saturated carbocycles. The van der Waals surface area contributed by atoms with Gasteiger partial charge in [0.05, 0.1) is 12.2 Å². The van der Waals surface area contributed by atoms with Crippen molar-refractivity contribution in [2.24, 2.45) is 0 Å². The van der Waals surface area contributed by atoms with Gasteiger partial charge in [-0.05, 0) is 35.9 Å². The number of hydrogen-bond acceptors (Lipinski definition) is 3. The normalized spacial score (nSPS) is 20.7. The van der Waals surface area contributed by atoms with E-state index in [0.717, 1.165) is 27.0 Å². The first-order valence-electron chi connectivity index (χ1n) is 9.79. The highest BCUT2D eigenvalue weighted by Gasteiger charge is 2.58. The molecule has 3 aromatic carbocycles. The number of carbonyl (C=O) groups is 2. The molecule has 2 aliphatic rings. The molecule has 1 fully saturated rings. The van der Waals surface area contributed by atoms with Gasteiger partial charge in [-0.25, -0.2) is 0 Å². The third-order valence-corrected chi connectivity index (χ3v) is 7.49. The lowest BCUT2D eigenvalue weighted by Crippen LogP contribution is -2.56. The molecule has 1 atom stereocenters. The van der Waals surface area contributed by atoms with E-state index in [1.807, 2.05) is 83.8 Å². The first-order chi connectivity index (χ1) is 14.6. The summed E-state index contributed by atoms with van der Waals surface area (Å²) < 4.78 is 0.932. The monoisotopic (exact) mass is 478 g/mol. The third kappa shape index (κ3) is 2.97. The second-order valence-corrected chi connectivity index (χ2v) is 9.55. The maximum absolute atomic E-state index is 14.0. The molecule has 1 spiro atoms. The Morgan fingerprint density at radius 3 is 2.37 bits per heavy atom. The Bertz CT molecular complexity index is 1120. The van der Waals surface area contributed by atoms with Crippen LogP contribution in [0.1, 0.15) is 17.5 Å². The predicted molar refractivity (Wildman–Crippen MR) is 124 cm³/mol. The fourth-order valence-corrected chi connectivity index (χ4v) is 5.97. The molecule has 1 saturated heterocycles. The van der Waals surface area contributed by atoms with Crippen LogP contribution in [0.2, 0.25) is 0 Å². The molecule has 6 heteroatoms. The van der Waals surface area contributed by atoms with Crippen molar-refractivity contribution in [2.75, 3.05) is 15.6 Å². The number of halogens is 1. The molecule has 0 bridgehead atoms. The predicted octanol–water partition coefficient (Wildman–Crippen LogP) is 5.32. The average molecular weight is 479 g/mol. The fraction of sp³-hybridized carbons (Fsp3) is 0.167. The van der Waals surface area contributed by atoms with E-state index < -0.39 is 4.87 Å². The van der Waals surface area contributed by atoms with Gasteiger partial charge in [0, 0.05) is 27.9 Å². The quantitative estimate of drug-likeness (QED) is 0.511. The van der Waals surface area contributed by atoms with Crippen molar-refractivity contribution in [1.82, 2.24) is 0 Å². The lowest BCUT2D eigenvalue weighted by Gasteiger charge is -2.42. The third-order valence-electron chi connectivity index (χ3n) is 5.55. The topological polar surface area (TPSA) is 40.6 Å². The Balaban J connectivity index is 1.66. The molecule has 0 aliphatic carbocycles. The first-order valence-corrected chi connectivity index (χ1v) is 11.6. The molecule has 1 unspecified atom stereocenters. The van der Waals surface area contributed by atoms with Crippen LogP contribution in [-0.2, 0) is 21.0 Å². The number of hydrogen-bond donors (Lipinski definition) is 0. The van der Waals surface area contributed by atoms with Crippen molar-refractivity contribution < 1.29 is 9.59 Å². The summed E-state index contributed by atoms with van der Waals surface area (Å²) in [5.74, 6) is 0.528. The highest BCUT2D eigenvalue weighted by Crippen LogP contribution is 2.54. The van der Waals surface area contributed by atoms with Gasteiger partial charge >= 0.3 is 0 Å². The summed E-state index contributed by atoms with van der Waals surface area (Å²) in [5.41, 5.74) is 3.54. The summed E-state index contributed by atoms with van der Waals surface area (Å²) in [5, 5.41) is 0. The van der Waals surface area contributed by atoms with E-state index in [2.05, 4.69) is 15.9 Å². The van der Waals surface area contributed by atoms with Crippen LogP contribution in [0.15, 0.2) is 83.3 Å². The molecule has 0 radical (unpaired) electrons. The Morgan fingerprint density at radius 2 is 1.60 bits per heavy atom. The lowest BCUT2D eigenvalue weighted by atomic mass is 10.0. The van der Waals surface area contributed by atoms with E-state index in [4.69, 9.17) is 0 Å². The molecule has 4 nitrogen and oxygen atoms in total. The zero-order valence-corrected chi connectivity index (χ0v) is 18.5. The minimum absolute atomic E-state index is 0.0270.